The highest BCUT2D eigenvalue weighted by molar-refractivity contribution is 14.1. The lowest BCUT2D eigenvalue weighted by Gasteiger charge is -2.02. The van der Waals surface area contributed by atoms with Gasteiger partial charge < -0.3 is 4.42 Å². The smallest absolute Gasteiger partial charge is 0.147 e. The summed E-state index contributed by atoms with van der Waals surface area (Å²) in [6.45, 7) is 6.26. The summed E-state index contributed by atoms with van der Waals surface area (Å²) in [5.41, 5.74) is 3.68. The monoisotopic (exact) mass is 286 g/mol. The highest BCUT2D eigenvalue weighted by Crippen LogP contribution is 2.28. The number of aryl methyl sites for hydroxylation is 2. The summed E-state index contributed by atoms with van der Waals surface area (Å²) >= 11 is 2.35. The Morgan fingerprint density at radius 3 is 2.54 bits per heavy atom. The maximum atomic E-state index is 5.63. The molecular formula is C11H11IO. The molecule has 0 saturated carbocycles. The van der Waals surface area contributed by atoms with E-state index < -0.39 is 0 Å². The fourth-order valence-corrected chi connectivity index (χ4v) is 2.34. The maximum Gasteiger partial charge on any atom is 0.147 e. The lowest BCUT2D eigenvalue weighted by Crippen LogP contribution is -1.85. The Morgan fingerprint density at radius 1 is 1.15 bits per heavy atom. The third-order valence-corrected chi connectivity index (χ3v) is 3.68. The molecule has 0 amide bonds. The Hall–Kier alpha value is -0.510. The Bertz CT molecular complexity index is 468. The van der Waals surface area contributed by atoms with Crippen molar-refractivity contribution in [3.63, 3.8) is 0 Å². The molecule has 0 radical (unpaired) electrons. The molecule has 1 aromatic heterocycles. The van der Waals surface area contributed by atoms with Gasteiger partial charge in [0.05, 0.1) is 3.57 Å². The van der Waals surface area contributed by atoms with Crippen LogP contribution in [0.5, 0.6) is 0 Å². The van der Waals surface area contributed by atoms with Gasteiger partial charge in [0, 0.05) is 5.39 Å². The summed E-state index contributed by atoms with van der Waals surface area (Å²) in [5.74, 6) is 0.984. The van der Waals surface area contributed by atoms with Crippen LogP contribution in [0.25, 0.3) is 11.0 Å². The fraction of sp³-hybridized carbons (Fsp3) is 0.273. The summed E-state index contributed by atoms with van der Waals surface area (Å²) in [6.07, 6.45) is 0. The van der Waals surface area contributed by atoms with Crippen LogP contribution < -0.4 is 0 Å². The van der Waals surface area contributed by atoms with E-state index in [0.29, 0.717) is 0 Å². The average Bonchev–Trinajstić information content (AvgIpc) is 2.42. The van der Waals surface area contributed by atoms with Crippen molar-refractivity contribution < 1.29 is 4.42 Å². The van der Waals surface area contributed by atoms with E-state index in [1.807, 2.05) is 6.92 Å². The zero-order valence-electron chi connectivity index (χ0n) is 7.94. The van der Waals surface area contributed by atoms with E-state index in [1.54, 1.807) is 0 Å². The van der Waals surface area contributed by atoms with E-state index in [2.05, 4.69) is 48.6 Å². The molecule has 0 aliphatic rings. The second-order valence-electron chi connectivity index (χ2n) is 3.41. The van der Waals surface area contributed by atoms with E-state index in [0.717, 1.165) is 11.3 Å². The first-order valence-corrected chi connectivity index (χ1v) is 5.33. The van der Waals surface area contributed by atoms with Crippen LogP contribution in [0.2, 0.25) is 0 Å². The molecule has 0 N–H and O–H groups in total. The Kier molecular flexibility index (Phi) is 2.10. The van der Waals surface area contributed by atoms with Crippen LogP contribution in [-0.2, 0) is 0 Å². The standard InChI is InChI=1S/C11H11IO/c1-6-4-9-5-7(2)13-11(9)10(12)8(6)3/h4-5H,1-3H3. The van der Waals surface area contributed by atoms with E-state index in [4.69, 9.17) is 4.42 Å². The van der Waals surface area contributed by atoms with Crippen molar-refractivity contribution in [1.82, 2.24) is 0 Å². The van der Waals surface area contributed by atoms with Crippen LogP contribution in [0.4, 0.5) is 0 Å². The van der Waals surface area contributed by atoms with Gasteiger partial charge in [0.25, 0.3) is 0 Å². The van der Waals surface area contributed by atoms with Gasteiger partial charge in [0.15, 0.2) is 0 Å². The first kappa shape index (κ1) is 9.06. The van der Waals surface area contributed by atoms with Crippen LogP contribution in [0.15, 0.2) is 16.5 Å². The van der Waals surface area contributed by atoms with Crippen molar-refractivity contribution in [2.24, 2.45) is 0 Å². The number of furan rings is 1. The number of halogens is 1. The van der Waals surface area contributed by atoms with Gasteiger partial charge in [-0.05, 0) is 66.6 Å². The summed E-state index contributed by atoms with van der Waals surface area (Å²) in [7, 11) is 0. The van der Waals surface area contributed by atoms with Crippen LogP contribution in [-0.4, -0.2) is 0 Å². The highest BCUT2D eigenvalue weighted by Gasteiger charge is 2.08. The second-order valence-corrected chi connectivity index (χ2v) is 4.49. The summed E-state index contributed by atoms with van der Waals surface area (Å²) in [4.78, 5) is 0. The van der Waals surface area contributed by atoms with E-state index >= 15 is 0 Å². The second kappa shape index (κ2) is 3.01. The number of hydrogen-bond acceptors (Lipinski definition) is 1. The molecule has 2 aromatic rings. The van der Waals surface area contributed by atoms with Crippen molar-refractivity contribution in [2.45, 2.75) is 20.8 Å². The zero-order valence-corrected chi connectivity index (χ0v) is 10.1. The lowest BCUT2D eigenvalue weighted by molar-refractivity contribution is 0.576. The number of rotatable bonds is 0. The van der Waals surface area contributed by atoms with Crippen LogP contribution in [0, 0.1) is 24.3 Å². The quantitative estimate of drug-likeness (QED) is 0.668. The summed E-state index contributed by atoms with van der Waals surface area (Å²) in [6, 6.07) is 4.27. The van der Waals surface area contributed by atoms with Gasteiger partial charge in [0.2, 0.25) is 0 Å². The normalized spacial score (nSPS) is 11.1. The van der Waals surface area contributed by atoms with Crippen molar-refractivity contribution in [2.75, 3.05) is 0 Å². The van der Waals surface area contributed by atoms with Crippen LogP contribution >= 0.6 is 22.6 Å². The van der Waals surface area contributed by atoms with E-state index in [-0.39, 0.29) is 0 Å². The van der Waals surface area contributed by atoms with Gasteiger partial charge in [-0.1, -0.05) is 0 Å². The first-order chi connectivity index (χ1) is 6.09. The molecule has 1 aromatic carbocycles. The third-order valence-electron chi connectivity index (χ3n) is 2.38. The topological polar surface area (TPSA) is 13.1 Å². The molecule has 0 saturated heterocycles. The number of fused-ring (bicyclic) bond motifs is 1. The predicted molar refractivity (Wildman–Crippen MR) is 63.1 cm³/mol. The predicted octanol–water partition coefficient (Wildman–Crippen LogP) is 3.96. The lowest BCUT2D eigenvalue weighted by atomic mass is 10.1. The fourth-order valence-electron chi connectivity index (χ4n) is 1.50. The van der Waals surface area contributed by atoms with Gasteiger partial charge in [-0.25, -0.2) is 0 Å². The molecular weight excluding hydrogens is 275 g/mol. The minimum absolute atomic E-state index is 0.984. The molecule has 0 fully saturated rings. The molecule has 2 heteroatoms. The maximum absolute atomic E-state index is 5.63. The van der Waals surface area contributed by atoms with Crippen LogP contribution in [0.3, 0.4) is 0 Å². The molecule has 0 aliphatic heterocycles. The SMILES string of the molecule is Cc1cc2cc(C)c(C)c(I)c2o1. The molecule has 0 unspecified atom stereocenters. The molecule has 13 heavy (non-hydrogen) atoms. The first-order valence-electron chi connectivity index (χ1n) is 4.25. The minimum Gasteiger partial charge on any atom is -0.460 e. The van der Waals surface area contributed by atoms with Crippen molar-refractivity contribution >= 4 is 33.6 Å². The molecule has 0 spiro atoms. The Morgan fingerprint density at radius 2 is 1.85 bits per heavy atom. The molecule has 2 rings (SSSR count). The van der Waals surface area contributed by atoms with Crippen molar-refractivity contribution in [1.29, 1.82) is 0 Å². The molecule has 68 valence electrons. The van der Waals surface area contributed by atoms with E-state index in [9.17, 15) is 0 Å². The average molecular weight is 286 g/mol. The minimum atomic E-state index is 0.984. The van der Waals surface area contributed by atoms with Gasteiger partial charge in [-0.15, -0.1) is 0 Å². The van der Waals surface area contributed by atoms with Gasteiger partial charge in [-0.3, -0.25) is 0 Å². The largest absolute Gasteiger partial charge is 0.460 e. The van der Waals surface area contributed by atoms with Crippen molar-refractivity contribution in [3.05, 3.63) is 32.6 Å². The Balaban J connectivity index is 2.92. The summed E-state index contributed by atoms with van der Waals surface area (Å²) < 4.78 is 6.86. The molecule has 1 heterocycles. The molecule has 0 aliphatic carbocycles. The van der Waals surface area contributed by atoms with Gasteiger partial charge in [-0.2, -0.15) is 0 Å². The van der Waals surface area contributed by atoms with Gasteiger partial charge >= 0.3 is 0 Å². The third kappa shape index (κ3) is 1.37. The van der Waals surface area contributed by atoms with E-state index in [1.165, 1.54) is 20.1 Å². The molecule has 0 atom stereocenters. The molecule has 0 bridgehead atoms. The molecule has 1 nitrogen and oxygen atoms in total. The van der Waals surface area contributed by atoms with Gasteiger partial charge in [0.1, 0.15) is 11.3 Å². The Labute approximate surface area is 91.3 Å². The van der Waals surface area contributed by atoms with Crippen molar-refractivity contribution in [3.8, 4) is 0 Å². The number of benzene rings is 1. The summed E-state index contributed by atoms with van der Waals surface area (Å²) in [5, 5.41) is 1.21. The highest BCUT2D eigenvalue weighted by atomic mass is 127. The zero-order chi connectivity index (χ0) is 9.59. The van der Waals surface area contributed by atoms with Crippen LogP contribution in [0.1, 0.15) is 16.9 Å². The number of hydrogen-bond donors (Lipinski definition) is 0.